The van der Waals surface area contributed by atoms with Crippen LogP contribution in [0.1, 0.15) is 38.3 Å². The van der Waals surface area contributed by atoms with Crippen molar-refractivity contribution >= 4 is 0 Å². The highest BCUT2D eigenvalue weighted by molar-refractivity contribution is 5.03. The lowest BCUT2D eigenvalue weighted by Crippen LogP contribution is -2.29. The van der Waals surface area contributed by atoms with Crippen molar-refractivity contribution in [3.8, 4) is 0 Å². The van der Waals surface area contributed by atoms with Gasteiger partial charge in [-0.05, 0) is 5.92 Å². The summed E-state index contributed by atoms with van der Waals surface area (Å²) in [7, 11) is 0. The van der Waals surface area contributed by atoms with Gasteiger partial charge in [0.25, 0.3) is 0 Å². The van der Waals surface area contributed by atoms with E-state index in [4.69, 9.17) is 0 Å². The third-order valence-corrected chi connectivity index (χ3v) is 3.06. The average Bonchev–Trinajstić information content (AvgIpc) is 2.60. The molecule has 4 heteroatoms. The van der Waals surface area contributed by atoms with Crippen LogP contribution < -0.4 is 5.32 Å². The first-order chi connectivity index (χ1) is 6.70. The van der Waals surface area contributed by atoms with Crippen molar-refractivity contribution in [1.82, 2.24) is 20.1 Å². The van der Waals surface area contributed by atoms with Crippen LogP contribution in [-0.4, -0.2) is 21.3 Å². The first-order valence-electron chi connectivity index (χ1n) is 5.33. The van der Waals surface area contributed by atoms with Crippen molar-refractivity contribution < 1.29 is 0 Å². The summed E-state index contributed by atoms with van der Waals surface area (Å²) >= 11 is 0. The van der Waals surface area contributed by atoms with Crippen LogP contribution in [0.4, 0.5) is 0 Å². The smallest absolute Gasteiger partial charge is 0.147 e. The van der Waals surface area contributed by atoms with Gasteiger partial charge in [-0.2, -0.15) is 0 Å². The van der Waals surface area contributed by atoms with Gasteiger partial charge in [-0.3, -0.25) is 0 Å². The number of aromatic nitrogens is 3. The lowest BCUT2D eigenvalue weighted by atomic mass is 9.97. The topological polar surface area (TPSA) is 42.7 Å². The molecule has 1 unspecified atom stereocenters. The Balaban J connectivity index is 2.30. The molecule has 1 aromatic rings. The maximum atomic E-state index is 4.29. The normalized spacial score (nSPS) is 18.3. The Morgan fingerprint density at radius 3 is 2.79 bits per heavy atom. The van der Waals surface area contributed by atoms with Gasteiger partial charge in [-0.15, -0.1) is 10.2 Å². The second-order valence-corrected chi connectivity index (χ2v) is 4.34. The fraction of sp³-hybridized carbons (Fsp3) is 0.800. The molecule has 1 aliphatic rings. The first kappa shape index (κ1) is 9.65. The highest BCUT2D eigenvalue weighted by Crippen LogP contribution is 2.23. The maximum absolute atomic E-state index is 4.29. The van der Waals surface area contributed by atoms with Crippen molar-refractivity contribution in [3.63, 3.8) is 0 Å². The molecule has 4 nitrogen and oxygen atoms in total. The van der Waals surface area contributed by atoms with Crippen LogP contribution in [0.15, 0.2) is 0 Å². The summed E-state index contributed by atoms with van der Waals surface area (Å²) in [6, 6.07) is 0. The van der Waals surface area contributed by atoms with E-state index in [0.29, 0.717) is 11.8 Å². The maximum Gasteiger partial charge on any atom is 0.147 e. The quantitative estimate of drug-likeness (QED) is 0.767. The third kappa shape index (κ3) is 1.54. The number of hydrogen-bond donors (Lipinski definition) is 1. The van der Waals surface area contributed by atoms with Crippen LogP contribution in [0.25, 0.3) is 0 Å². The average molecular weight is 194 g/mol. The van der Waals surface area contributed by atoms with Gasteiger partial charge in [0.1, 0.15) is 11.6 Å². The van der Waals surface area contributed by atoms with E-state index in [1.807, 2.05) is 0 Å². The summed E-state index contributed by atoms with van der Waals surface area (Å²) < 4.78 is 2.27. The van der Waals surface area contributed by atoms with Crippen molar-refractivity contribution in [2.75, 3.05) is 6.54 Å². The van der Waals surface area contributed by atoms with Crippen molar-refractivity contribution in [1.29, 1.82) is 0 Å². The molecule has 0 saturated heterocycles. The Morgan fingerprint density at radius 2 is 2.07 bits per heavy atom. The Bertz CT molecular complexity index is 316. The Hall–Kier alpha value is -0.900. The molecule has 0 amide bonds. The van der Waals surface area contributed by atoms with Gasteiger partial charge in [0.2, 0.25) is 0 Å². The van der Waals surface area contributed by atoms with Crippen LogP contribution in [0.2, 0.25) is 0 Å². The van der Waals surface area contributed by atoms with Gasteiger partial charge in [0.15, 0.2) is 0 Å². The van der Waals surface area contributed by atoms with E-state index in [1.54, 1.807) is 0 Å². The van der Waals surface area contributed by atoms with E-state index in [0.717, 1.165) is 31.3 Å². The molecule has 0 bridgehead atoms. The van der Waals surface area contributed by atoms with Gasteiger partial charge >= 0.3 is 0 Å². The largest absolute Gasteiger partial charge is 0.312 e. The molecule has 78 valence electrons. The monoisotopic (exact) mass is 194 g/mol. The molecule has 1 aromatic heterocycles. The van der Waals surface area contributed by atoms with Gasteiger partial charge in [-0.1, -0.05) is 20.8 Å². The zero-order valence-electron chi connectivity index (χ0n) is 9.12. The molecule has 1 aliphatic heterocycles. The van der Waals surface area contributed by atoms with Gasteiger partial charge < -0.3 is 9.88 Å². The molecule has 2 heterocycles. The fourth-order valence-electron chi connectivity index (χ4n) is 1.75. The van der Waals surface area contributed by atoms with Crippen molar-refractivity contribution in [2.24, 2.45) is 5.92 Å². The molecule has 14 heavy (non-hydrogen) atoms. The minimum Gasteiger partial charge on any atom is -0.312 e. The van der Waals surface area contributed by atoms with Crippen LogP contribution >= 0.6 is 0 Å². The molecule has 0 spiro atoms. The summed E-state index contributed by atoms with van der Waals surface area (Å²) in [5, 5.41) is 11.8. The van der Waals surface area contributed by atoms with E-state index in [-0.39, 0.29) is 0 Å². The predicted octanol–water partition coefficient (Wildman–Crippen LogP) is 1.14. The van der Waals surface area contributed by atoms with Crippen molar-refractivity contribution in [2.45, 2.75) is 39.8 Å². The van der Waals surface area contributed by atoms with E-state index in [1.165, 1.54) is 0 Å². The molecule has 0 radical (unpaired) electrons. The minimum absolute atomic E-state index is 0.495. The van der Waals surface area contributed by atoms with Crippen LogP contribution in [0.5, 0.6) is 0 Å². The zero-order chi connectivity index (χ0) is 10.1. The molecule has 2 rings (SSSR count). The number of nitrogens with zero attached hydrogens (tertiary/aromatic N) is 3. The number of fused-ring (bicyclic) bond motifs is 1. The predicted molar refractivity (Wildman–Crippen MR) is 55.0 cm³/mol. The van der Waals surface area contributed by atoms with E-state index in [2.05, 4.69) is 40.9 Å². The second-order valence-electron chi connectivity index (χ2n) is 4.34. The summed E-state index contributed by atoms with van der Waals surface area (Å²) in [6.07, 6.45) is 0. The van der Waals surface area contributed by atoms with Crippen LogP contribution in [-0.2, 0) is 13.1 Å². The van der Waals surface area contributed by atoms with Gasteiger partial charge in [0, 0.05) is 19.0 Å². The molecule has 1 atom stereocenters. The molecular weight excluding hydrogens is 176 g/mol. The SMILES string of the molecule is CC(C)C(C)c1nnc2n1CCNC2. The molecule has 1 N–H and O–H groups in total. The van der Waals surface area contributed by atoms with Crippen LogP contribution in [0.3, 0.4) is 0 Å². The van der Waals surface area contributed by atoms with Crippen molar-refractivity contribution in [3.05, 3.63) is 11.6 Å². The molecule has 0 fully saturated rings. The molecule has 0 aromatic carbocycles. The lowest BCUT2D eigenvalue weighted by molar-refractivity contribution is 0.446. The Kier molecular flexibility index (Phi) is 2.54. The lowest BCUT2D eigenvalue weighted by Gasteiger charge is -2.20. The summed E-state index contributed by atoms with van der Waals surface area (Å²) in [4.78, 5) is 0. The number of nitrogens with one attached hydrogen (secondary N) is 1. The molecular formula is C10H18N4. The van der Waals surface area contributed by atoms with Gasteiger partial charge in [0.05, 0.1) is 6.54 Å². The molecule has 0 aliphatic carbocycles. The molecule has 0 saturated carbocycles. The number of rotatable bonds is 2. The van der Waals surface area contributed by atoms with Gasteiger partial charge in [-0.25, -0.2) is 0 Å². The minimum atomic E-state index is 0.495. The summed E-state index contributed by atoms with van der Waals surface area (Å²) in [5.74, 6) is 3.35. The summed E-state index contributed by atoms with van der Waals surface area (Å²) in [6.45, 7) is 9.58. The number of hydrogen-bond acceptors (Lipinski definition) is 3. The highest BCUT2D eigenvalue weighted by Gasteiger charge is 2.21. The summed E-state index contributed by atoms with van der Waals surface area (Å²) in [5.41, 5.74) is 0. The van der Waals surface area contributed by atoms with Crippen LogP contribution in [0, 0.1) is 5.92 Å². The highest BCUT2D eigenvalue weighted by atomic mass is 15.3. The second kappa shape index (κ2) is 3.69. The Morgan fingerprint density at radius 1 is 1.29 bits per heavy atom. The first-order valence-corrected chi connectivity index (χ1v) is 5.33. The fourth-order valence-corrected chi connectivity index (χ4v) is 1.75. The standard InChI is InChI=1S/C10H18N4/c1-7(2)8(3)10-13-12-9-6-11-4-5-14(9)10/h7-8,11H,4-6H2,1-3H3. The third-order valence-electron chi connectivity index (χ3n) is 3.06. The van der Waals surface area contributed by atoms with E-state index in [9.17, 15) is 0 Å². The zero-order valence-corrected chi connectivity index (χ0v) is 9.12. The van der Waals surface area contributed by atoms with E-state index >= 15 is 0 Å². The Labute approximate surface area is 84.7 Å². The van der Waals surface area contributed by atoms with E-state index < -0.39 is 0 Å².